The Morgan fingerprint density at radius 2 is 1.93 bits per heavy atom. The predicted molar refractivity (Wildman–Crippen MR) is 144 cm³/mol. The van der Waals surface area contributed by atoms with Gasteiger partial charge in [0.1, 0.15) is 5.82 Å². The number of hydrogen-bond acceptors (Lipinski definition) is 3. The van der Waals surface area contributed by atoms with Crippen LogP contribution >= 0.6 is 0 Å². The van der Waals surface area contributed by atoms with Crippen molar-refractivity contribution in [3.8, 4) is 11.1 Å². The number of amides is 1. The van der Waals surface area contributed by atoms with Crippen molar-refractivity contribution in [2.24, 2.45) is 11.3 Å². The van der Waals surface area contributed by atoms with E-state index in [1.165, 1.54) is 23.0 Å². The van der Waals surface area contributed by atoms with Crippen molar-refractivity contribution in [2.75, 3.05) is 0 Å². The third kappa shape index (κ3) is 5.90. The van der Waals surface area contributed by atoms with Gasteiger partial charge in [-0.05, 0) is 92.0 Å². The Hall–Kier alpha value is -3.69. The lowest BCUT2D eigenvalue weighted by molar-refractivity contribution is -0.141. The molecule has 0 spiro atoms. The van der Waals surface area contributed by atoms with Crippen LogP contribution in [-0.2, 0) is 19.3 Å². The molecule has 2 aliphatic carbocycles. The minimum Gasteiger partial charge on any atom is -0.369 e. The van der Waals surface area contributed by atoms with Crippen LogP contribution in [0.3, 0.4) is 0 Å². The summed E-state index contributed by atoms with van der Waals surface area (Å²) in [6, 6.07) is 9.15. The third-order valence-corrected chi connectivity index (χ3v) is 7.91. The number of nitrogens with zero attached hydrogens (tertiary/aromatic N) is 2. The maximum Gasteiger partial charge on any atom is 0.435 e. The number of rotatable bonds is 9. The second-order valence-corrected chi connectivity index (χ2v) is 11.2. The van der Waals surface area contributed by atoms with E-state index in [1.807, 2.05) is 6.92 Å². The Morgan fingerprint density at radius 3 is 2.52 bits per heavy atom. The van der Waals surface area contributed by atoms with E-state index >= 15 is 0 Å². The zero-order valence-electron chi connectivity index (χ0n) is 22.8. The molecule has 1 aromatic heterocycles. The normalized spacial score (nSPS) is 16.9. The number of aryl methyl sites for hydroxylation is 2. The number of hydrogen-bond donors (Lipinski definition) is 3. The molecule has 1 atom stereocenters. The summed E-state index contributed by atoms with van der Waals surface area (Å²) >= 11 is 0. The predicted octanol–water partition coefficient (Wildman–Crippen LogP) is 6.78. The molecule has 0 aliphatic heterocycles. The van der Waals surface area contributed by atoms with E-state index in [9.17, 15) is 22.4 Å². The van der Waals surface area contributed by atoms with E-state index in [4.69, 9.17) is 5.41 Å². The fourth-order valence-corrected chi connectivity index (χ4v) is 4.91. The summed E-state index contributed by atoms with van der Waals surface area (Å²) in [5, 5.41) is 18.2. The van der Waals surface area contributed by atoms with Crippen molar-refractivity contribution in [3.63, 3.8) is 0 Å². The van der Waals surface area contributed by atoms with Crippen LogP contribution in [0.4, 0.5) is 17.6 Å². The monoisotopic (exact) mass is 555 g/mol. The van der Waals surface area contributed by atoms with E-state index in [2.05, 4.69) is 15.7 Å². The van der Waals surface area contributed by atoms with Gasteiger partial charge in [-0.15, -0.1) is 0 Å². The first kappa shape index (κ1) is 27.9. The highest BCUT2D eigenvalue weighted by Crippen LogP contribution is 2.45. The topological polar surface area (TPSA) is 82.8 Å². The summed E-state index contributed by atoms with van der Waals surface area (Å²) in [6.07, 6.45) is 0.322. The molecule has 1 amide bonds. The van der Waals surface area contributed by atoms with Gasteiger partial charge in [-0.3, -0.25) is 14.9 Å². The lowest BCUT2D eigenvalue weighted by Crippen LogP contribution is -2.31. The number of aromatic nitrogens is 2. The molecule has 0 bridgehead atoms. The largest absolute Gasteiger partial charge is 0.435 e. The molecule has 0 saturated heterocycles. The molecule has 2 aliphatic rings. The lowest BCUT2D eigenvalue weighted by Gasteiger charge is -2.20. The van der Waals surface area contributed by atoms with Gasteiger partial charge in [-0.25, -0.2) is 4.39 Å². The third-order valence-electron chi connectivity index (χ3n) is 7.91. The van der Waals surface area contributed by atoms with Gasteiger partial charge in [0, 0.05) is 35.8 Å². The summed E-state index contributed by atoms with van der Waals surface area (Å²) in [6.45, 7) is 5.81. The number of amidine groups is 1. The molecule has 1 unspecified atom stereocenters. The highest BCUT2D eigenvalue weighted by Gasteiger charge is 2.42. The molecular weight excluding hydrogens is 522 g/mol. The van der Waals surface area contributed by atoms with Crippen molar-refractivity contribution in [3.05, 3.63) is 76.4 Å². The summed E-state index contributed by atoms with van der Waals surface area (Å²) in [7, 11) is 0. The zero-order chi connectivity index (χ0) is 28.8. The Bertz CT molecular complexity index is 1450. The molecule has 3 N–H and O–H groups in total. The van der Waals surface area contributed by atoms with Gasteiger partial charge in [-0.1, -0.05) is 19.1 Å². The van der Waals surface area contributed by atoms with Gasteiger partial charge < -0.3 is 10.6 Å². The average molecular weight is 556 g/mol. The fourth-order valence-electron chi connectivity index (χ4n) is 4.91. The summed E-state index contributed by atoms with van der Waals surface area (Å²) in [4.78, 5) is 13.6. The van der Waals surface area contributed by atoms with Crippen LogP contribution in [0, 0.1) is 29.5 Å². The van der Waals surface area contributed by atoms with Crippen molar-refractivity contribution in [2.45, 2.75) is 71.8 Å². The van der Waals surface area contributed by atoms with Crippen LogP contribution in [0.2, 0.25) is 0 Å². The summed E-state index contributed by atoms with van der Waals surface area (Å²) < 4.78 is 56.9. The highest BCUT2D eigenvalue weighted by atomic mass is 19.4. The fraction of sp³-hybridized carbons (Fsp3) is 0.433. The molecule has 5 rings (SSSR count). The molecule has 2 aromatic carbocycles. The Labute approximate surface area is 230 Å². The van der Waals surface area contributed by atoms with Crippen LogP contribution < -0.4 is 10.6 Å². The van der Waals surface area contributed by atoms with Crippen LogP contribution in [0.25, 0.3) is 11.1 Å². The van der Waals surface area contributed by atoms with Gasteiger partial charge in [0.25, 0.3) is 5.91 Å². The molecule has 2 fully saturated rings. The lowest BCUT2D eigenvalue weighted by atomic mass is 9.97. The Kier molecular flexibility index (Phi) is 7.22. The highest BCUT2D eigenvalue weighted by molar-refractivity contribution is 5.96. The van der Waals surface area contributed by atoms with E-state index < -0.39 is 17.8 Å². The maximum absolute atomic E-state index is 13.9. The number of halogens is 4. The summed E-state index contributed by atoms with van der Waals surface area (Å²) in [5.74, 6) is -0.174. The van der Waals surface area contributed by atoms with E-state index in [0.29, 0.717) is 17.0 Å². The molecule has 10 heteroatoms. The second-order valence-electron chi connectivity index (χ2n) is 11.2. The molecule has 6 nitrogen and oxygen atoms in total. The second kappa shape index (κ2) is 10.4. The number of alkyl halides is 3. The van der Waals surface area contributed by atoms with E-state index in [0.717, 1.165) is 31.2 Å². The zero-order valence-corrected chi connectivity index (χ0v) is 22.8. The van der Waals surface area contributed by atoms with Gasteiger partial charge >= 0.3 is 6.18 Å². The van der Waals surface area contributed by atoms with Crippen LogP contribution in [0.15, 0.2) is 42.6 Å². The molecule has 40 heavy (non-hydrogen) atoms. The Balaban J connectivity index is 1.50. The number of benzene rings is 2. The minimum atomic E-state index is -4.67. The number of carbonyl (C=O) groups excluding carboxylic acids is 1. The van der Waals surface area contributed by atoms with Crippen LogP contribution in [0.5, 0.6) is 0 Å². The SMILES string of the molecule is CCn1cc(-c2cc(CNC(=N)C3(C)CC3)cc(C(=O)NC(c3ccc(F)c(C)c3)C3CC3)c2)c(C(F)(F)F)n1. The molecule has 3 aromatic rings. The smallest absolute Gasteiger partial charge is 0.369 e. The van der Waals surface area contributed by atoms with Crippen LogP contribution in [-0.4, -0.2) is 21.5 Å². The number of carbonyl (C=O) groups is 1. The van der Waals surface area contributed by atoms with Crippen molar-refractivity contribution in [1.29, 1.82) is 5.41 Å². The van der Waals surface area contributed by atoms with Gasteiger partial charge in [-0.2, -0.15) is 18.3 Å². The first-order chi connectivity index (χ1) is 18.9. The molecule has 0 radical (unpaired) electrons. The van der Waals surface area contributed by atoms with Crippen LogP contribution in [0.1, 0.15) is 78.3 Å². The summed E-state index contributed by atoms with van der Waals surface area (Å²) in [5.41, 5.74) is 0.962. The first-order valence-electron chi connectivity index (χ1n) is 13.6. The van der Waals surface area contributed by atoms with Crippen molar-refractivity contribution < 1.29 is 22.4 Å². The van der Waals surface area contributed by atoms with E-state index in [-0.39, 0.29) is 53.0 Å². The molecule has 212 valence electrons. The van der Waals surface area contributed by atoms with Crippen molar-refractivity contribution >= 4 is 11.7 Å². The van der Waals surface area contributed by atoms with Crippen molar-refractivity contribution in [1.82, 2.24) is 20.4 Å². The standard InChI is InChI=1S/C30H33F4N5O/c1-4-39-16-23(26(38-39)30(32,33)34)21-12-18(15-36-28(35)29(3)9-10-29)13-22(14-21)27(40)37-25(19-5-6-19)20-7-8-24(31)17(2)11-20/h7-8,11-14,16,19,25H,4-6,9-10,15H2,1-3H3,(H2,35,36)(H,37,40). The number of nitrogens with one attached hydrogen (secondary N) is 3. The molecule has 2 saturated carbocycles. The quantitative estimate of drug-likeness (QED) is 0.155. The first-order valence-corrected chi connectivity index (χ1v) is 13.6. The van der Waals surface area contributed by atoms with Gasteiger partial charge in [0.2, 0.25) is 0 Å². The van der Waals surface area contributed by atoms with Gasteiger partial charge in [0.05, 0.1) is 11.9 Å². The minimum absolute atomic E-state index is 0.109. The molecular formula is C30H33F4N5O. The molecule has 1 heterocycles. The average Bonchev–Trinajstić information content (AvgIpc) is 3.84. The maximum atomic E-state index is 13.9. The van der Waals surface area contributed by atoms with Gasteiger partial charge in [0.15, 0.2) is 5.69 Å². The Morgan fingerprint density at radius 1 is 1.20 bits per heavy atom. The van der Waals surface area contributed by atoms with E-state index in [1.54, 1.807) is 38.1 Å².